The maximum atomic E-state index is 12.9. The van der Waals surface area contributed by atoms with E-state index in [1.165, 1.54) is 21.3 Å². The van der Waals surface area contributed by atoms with Crippen LogP contribution >= 0.6 is 0 Å². The molecule has 0 fully saturated rings. The van der Waals surface area contributed by atoms with Gasteiger partial charge < -0.3 is 24.1 Å². The second-order valence-electron chi connectivity index (χ2n) is 5.65. The van der Waals surface area contributed by atoms with E-state index in [2.05, 4.69) is 0 Å². The first-order valence-electron chi connectivity index (χ1n) is 7.86. The predicted octanol–water partition coefficient (Wildman–Crippen LogP) is 2.38. The molecule has 2 aromatic rings. The van der Waals surface area contributed by atoms with Crippen molar-refractivity contribution in [3.05, 3.63) is 47.0 Å². The summed E-state index contributed by atoms with van der Waals surface area (Å²) in [7, 11) is 4.29. The van der Waals surface area contributed by atoms with Crippen molar-refractivity contribution in [1.29, 1.82) is 0 Å². The second-order valence-corrected chi connectivity index (χ2v) is 5.65. The van der Waals surface area contributed by atoms with Gasteiger partial charge in [-0.05, 0) is 23.8 Å². The van der Waals surface area contributed by atoms with Crippen LogP contribution in [0.3, 0.4) is 0 Å². The third-order valence-electron chi connectivity index (χ3n) is 4.27. The highest BCUT2D eigenvalue weighted by Gasteiger charge is 2.36. The average Bonchev–Trinajstić information content (AvgIpc) is 2.66. The summed E-state index contributed by atoms with van der Waals surface area (Å²) in [6.07, 6.45) is -0.888. The van der Waals surface area contributed by atoms with Crippen molar-refractivity contribution in [2.45, 2.75) is 12.5 Å². The number of Topliss-reactive ketones (excluding diaryl/α,β-unsaturated/α-hetero) is 1. The third-order valence-corrected chi connectivity index (χ3v) is 4.27. The fourth-order valence-electron chi connectivity index (χ4n) is 3.01. The molecule has 7 heteroatoms. The summed E-state index contributed by atoms with van der Waals surface area (Å²) in [5.41, 5.74) is 0.789. The summed E-state index contributed by atoms with van der Waals surface area (Å²) in [5.74, 6) is -0.625. The fourth-order valence-corrected chi connectivity index (χ4v) is 3.01. The van der Waals surface area contributed by atoms with E-state index < -0.39 is 17.9 Å². The molecular weight excluding hydrogens is 340 g/mol. The van der Waals surface area contributed by atoms with Crippen LogP contribution in [0.15, 0.2) is 30.3 Å². The Balaban J connectivity index is 1.97. The number of hydrogen-bond donors (Lipinski definition) is 1. The van der Waals surface area contributed by atoms with E-state index in [0.717, 1.165) is 0 Å². The Labute approximate surface area is 150 Å². The van der Waals surface area contributed by atoms with Crippen molar-refractivity contribution in [3.8, 4) is 23.0 Å². The predicted molar refractivity (Wildman–Crippen MR) is 91.4 cm³/mol. The standard InChI is InChI=1S/C19H18O7/c1-23-12-8-7-10-9-14(26-19(22)15(10)17(12)21)16(20)11-5-4-6-13(24-2)18(11)25-3/h4-8,14,21H,9H2,1-3H3. The number of benzene rings is 2. The van der Waals surface area contributed by atoms with Gasteiger partial charge in [0.25, 0.3) is 0 Å². The summed E-state index contributed by atoms with van der Waals surface area (Å²) >= 11 is 0. The molecule has 0 amide bonds. The lowest BCUT2D eigenvalue weighted by atomic mass is 9.93. The Hall–Kier alpha value is -3.22. The van der Waals surface area contributed by atoms with Gasteiger partial charge in [0.2, 0.25) is 5.78 Å². The van der Waals surface area contributed by atoms with Crippen LogP contribution < -0.4 is 14.2 Å². The molecule has 0 aliphatic carbocycles. The minimum Gasteiger partial charge on any atom is -0.504 e. The van der Waals surface area contributed by atoms with Gasteiger partial charge in [0.1, 0.15) is 5.56 Å². The number of methoxy groups -OCH3 is 3. The molecule has 136 valence electrons. The Bertz CT molecular complexity index is 872. The molecule has 1 aliphatic rings. The van der Waals surface area contributed by atoms with Crippen LogP contribution in [0, 0.1) is 0 Å². The largest absolute Gasteiger partial charge is 0.504 e. The topological polar surface area (TPSA) is 91.3 Å². The van der Waals surface area contributed by atoms with E-state index in [0.29, 0.717) is 11.3 Å². The van der Waals surface area contributed by atoms with Gasteiger partial charge in [-0.2, -0.15) is 0 Å². The monoisotopic (exact) mass is 358 g/mol. The van der Waals surface area contributed by atoms with Gasteiger partial charge in [-0.15, -0.1) is 0 Å². The Morgan fingerprint density at radius 3 is 2.46 bits per heavy atom. The van der Waals surface area contributed by atoms with E-state index >= 15 is 0 Å². The molecule has 1 heterocycles. The van der Waals surface area contributed by atoms with Gasteiger partial charge in [0.05, 0.1) is 26.9 Å². The number of para-hydroxylation sites is 1. The fraction of sp³-hybridized carbons (Fsp3) is 0.263. The number of cyclic esters (lactones) is 1. The normalized spacial score (nSPS) is 15.7. The van der Waals surface area contributed by atoms with Crippen molar-refractivity contribution in [1.82, 2.24) is 0 Å². The number of fused-ring (bicyclic) bond motifs is 1. The summed E-state index contributed by atoms with van der Waals surface area (Å²) < 4.78 is 20.8. The van der Waals surface area contributed by atoms with E-state index in [9.17, 15) is 14.7 Å². The van der Waals surface area contributed by atoms with Crippen molar-refractivity contribution < 1.29 is 33.6 Å². The molecule has 1 atom stereocenters. The van der Waals surface area contributed by atoms with Crippen molar-refractivity contribution in [3.63, 3.8) is 0 Å². The lowest BCUT2D eigenvalue weighted by Gasteiger charge is -2.25. The SMILES string of the molecule is COc1ccc2c(c1O)C(=O)OC(C(=O)c1cccc(OC)c1OC)C2. The highest BCUT2D eigenvalue weighted by atomic mass is 16.6. The lowest BCUT2D eigenvalue weighted by molar-refractivity contribution is 0.0242. The number of esters is 1. The zero-order valence-corrected chi connectivity index (χ0v) is 14.6. The number of aromatic hydroxyl groups is 1. The molecule has 1 aliphatic heterocycles. The van der Waals surface area contributed by atoms with Crippen molar-refractivity contribution >= 4 is 11.8 Å². The number of rotatable bonds is 5. The van der Waals surface area contributed by atoms with Gasteiger partial charge in [0.15, 0.2) is 29.1 Å². The number of phenols is 1. The lowest BCUT2D eigenvalue weighted by Crippen LogP contribution is -2.34. The number of ether oxygens (including phenoxy) is 4. The first-order valence-corrected chi connectivity index (χ1v) is 7.86. The quantitative estimate of drug-likeness (QED) is 0.648. The van der Waals surface area contributed by atoms with E-state index in [1.807, 2.05) is 0 Å². The zero-order valence-electron chi connectivity index (χ0n) is 14.6. The number of ketones is 1. The molecule has 0 saturated carbocycles. The molecule has 7 nitrogen and oxygen atoms in total. The molecule has 0 bridgehead atoms. The minimum atomic E-state index is -1.02. The maximum absolute atomic E-state index is 12.9. The number of carbonyl (C=O) groups is 2. The summed E-state index contributed by atoms with van der Waals surface area (Å²) in [5, 5.41) is 10.2. The highest BCUT2D eigenvalue weighted by molar-refractivity contribution is 6.06. The Kier molecular flexibility index (Phi) is 4.71. The third kappa shape index (κ3) is 2.81. The maximum Gasteiger partial charge on any atom is 0.343 e. The van der Waals surface area contributed by atoms with Crippen LogP contribution in [-0.2, 0) is 11.2 Å². The van der Waals surface area contributed by atoms with Gasteiger partial charge in [0, 0.05) is 6.42 Å². The van der Waals surface area contributed by atoms with Gasteiger partial charge >= 0.3 is 5.97 Å². The summed E-state index contributed by atoms with van der Waals surface area (Å²) in [6.45, 7) is 0. The second kappa shape index (κ2) is 6.95. The van der Waals surface area contributed by atoms with Crippen LogP contribution in [0.2, 0.25) is 0 Å². The van der Waals surface area contributed by atoms with Crippen molar-refractivity contribution in [2.24, 2.45) is 0 Å². The molecule has 0 saturated heterocycles. The molecule has 1 N–H and O–H groups in total. The number of hydrogen-bond acceptors (Lipinski definition) is 7. The minimum absolute atomic E-state index is 0.0195. The number of carbonyl (C=O) groups excluding carboxylic acids is 2. The highest BCUT2D eigenvalue weighted by Crippen LogP contribution is 2.38. The first-order chi connectivity index (χ1) is 12.5. The van der Waals surface area contributed by atoms with Crippen LogP contribution in [0.4, 0.5) is 0 Å². The van der Waals surface area contributed by atoms with Gasteiger partial charge in [-0.3, -0.25) is 4.79 Å². The molecule has 26 heavy (non-hydrogen) atoms. The van der Waals surface area contributed by atoms with Crippen LogP contribution in [0.5, 0.6) is 23.0 Å². The Morgan fingerprint density at radius 1 is 1.08 bits per heavy atom. The van der Waals surface area contributed by atoms with Crippen molar-refractivity contribution in [2.75, 3.05) is 21.3 Å². The van der Waals surface area contributed by atoms with Crippen LogP contribution in [0.25, 0.3) is 0 Å². The van der Waals surface area contributed by atoms with Crippen LogP contribution in [-0.4, -0.2) is 44.3 Å². The molecule has 2 aromatic carbocycles. The summed E-state index contributed by atoms with van der Waals surface area (Å²) in [6, 6.07) is 8.09. The number of phenolic OH excluding ortho intramolecular Hbond substituents is 1. The van der Waals surface area contributed by atoms with Gasteiger partial charge in [-0.25, -0.2) is 4.79 Å². The first kappa shape index (κ1) is 17.6. The molecule has 0 radical (unpaired) electrons. The smallest absolute Gasteiger partial charge is 0.343 e. The molecular formula is C19H18O7. The molecule has 0 spiro atoms. The summed E-state index contributed by atoms with van der Waals surface area (Å²) in [4.78, 5) is 25.3. The zero-order chi connectivity index (χ0) is 18.8. The van der Waals surface area contributed by atoms with E-state index in [4.69, 9.17) is 18.9 Å². The molecule has 3 rings (SSSR count). The van der Waals surface area contributed by atoms with E-state index in [1.54, 1.807) is 30.3 Å². The molecule has 1 unspecified atom stereocenters. The molecule has 0 aromatic heterocycles. The van der Waals surface area contributed by atoms with Gasteiger partial charge in [-0.1, -0.05) is 12.1 Å². The van der Waals surface area contributed by atoms with Crippen LogP contribution in [0.1, 0.15) is 26.3 Å². The average molecular weight is 358 g/mol. The Morgan fingerprint density at radius 2 is 1.81 bits per heavy atom. The van der Waals surface area contributed by atoms with E-state index in [-0.39, 0.29) is 34.8 Å².